The van der Waals surface area contributed by atoms with Gasteiger partial charge in [-0.25, -0.2) is 4.90 Å². The Kier molecular flexibility index (Phi) is 4.27. The molecule has 0 bridgehead atoms. The fourth-order valence-electron chi connectivity index (χ4n) is 4.89. The molecule has 6 nitrogen and oxygen atoms in total. The number of rotatable bonds is 2. The number of nitrogens with zero attached hydrogens (tertiary/aromatic N) is 3. The number of piperidine rings is 1. The molecular weight excluding hydrogens is 374 g/mol. The van der Waals surface area contributed by atoms with Gasteiger partial charge in [0.15, 0.2) is 0 Å². The third kappa shape index (κ3) is 2.68. The zero-order valence-electron chi connectivity index (χ0n) is 15.5. The average molecular weight is 395 g/mol. The van der Waals surface area contributed by atoms with E-state index in [-0.39, 0.29) is 17.7 Å². The summed E-state index contributed by atoms with van der Waals surface area (Å²) in [7, 11) is 0. The predicted octanol–water partition coefficient (Wildman–Crippen LogP) is 3.74. The largest absolute Gasteiger partial charge is 0.334 e. The van der Waals surface area contributed by atoms with E-state index in [0.29, 0.717) is 33.8 Å². The lowest BCUT2D eigenvalue weighted by molar-refractivity contribution is 0.0386. The minimum atomic E-state index is -0.353. The van der Waals surface area contributed by atoms with Gasteiger partial charge in [-0.2, -0.15) is 4.37 Å². The average Bonchev–Trinajstić information content (AvgIpc) is 3.31. The SMILES string of the molecule is O=C1c2ccccc2C(=O)N1c1cc(C(=O)N2CCC[C@@H]3CCCC[C@@H]32)ns1. The van der Waals surface area contributed by atoms with E-state index < -0.39 is 0 Å². The normalized spacial score (nSPS) is 24.3. The highest BCUT2D eigenvalue weighted by Gasteiger charge is 2.39. The lowest BCUT2D eigenvalue weighted by Crippen LogP contribution is -2.49. The Morgan fingerprint density at radius 2 is 1.68 bits per heavy atom. The molecule has 5 rings (SSSR count). The van der Waals surface area contributed by atoms with Crippen LogP contribution in [0.4, 0.5) is 5.00 Å². The van der Waals surface area contributed by atoms with Crippen molar-refractivity contribution in [2.75, 3.05) is 11.4 Å². The lowest BCUT2D eigenvalue weighted by Gasteiger charge is -2.43. The van der Waals surface area contributed by atoms with Gasteiger partial charge >= 0.3 is 0 Å². The van der Waals surface area contributed by atoms with E-state index in [1.807, 2.05) is 4.90 Å². The standard InChI is InChI=1S/C21H21N3O3S/c25-19-14-8-2-3-9-15(14)20(26)24(19)18-12-16(22-28-18)21(27)23-11-5-7-13-6-1-4-10-17(13)23/h2-3,8-9,12-13,17H,1,4-7,10-11H2/t13-,17-/m0/s1. The first-order valence-corrected chi connectivity index (χ1v) is 10.7. The maximum atomic E-state index is 13.1. The second-order valence-electron chi connectivity index (χ2n) is 7.79. The van der Waals surface area contributed by atoms with Gasteiger partial charge in [0, 0.05) is 18.7 Å². The molecule has 3 amide bonds. The maximum Gasteiger partial charge on any atom is 0.273 e. The molecule has 144 valence electrons. The topological polar surface area (TPSA) is 70.6 Å². The van der Waals surface area contributed by atoms with Crippen LogP contribution in [0.2, 0.25) is 0 Å². The fourth-order valence-corrected chi connectivity index (χ4v) is 5.62. The van der Waals surface area contributed by atoms with E-state index in [9.17, 15) is 14.4 Å². The Morgan fingerprint density at radius 3 is 2.43 bits per heavy atom. The van der Waals surface area contributed by atoms with Crippen LogP contribution in [0.25, 0.3) is 0 Å². The summed E-state index contributed by atoms with van der Waals surface area (Å²) in [5.41, 5.74) is 1.13. The molecule has 2 aromatic rings. The van der Waals surface area contributed by atoms with Gasteiger partial charge in [0.05, 0.1) is 11.1 Å². The molecule has 7 heteroatoms. The molecule has 0 radical (unpaired) electrons. The minimum absolute atomic E-state index is 0.0734. The minimum Gasteiger partial charge on any atom is -0.334 e. The molecule has 28 heavy (non-hydrogen) atoms. The van der Waals surface area contributed by atoms with Gasteiger partial charge in [0.1, 0.15) is 10.7 Å². The number of amides is 3. The van der Waals surface area contributed by atoms with Crippen molar-refractivity contribution in [2.24, 2.45) is 5.92 Å². The summed E-state index contributed by atoms with van der Waals surface area (Å²) in [6, 6.07) is 8.69. The van der Waals surface area contributed by atoms with Crippen LogP contribution in [-0.2, 0) is 0 Å². The molecule has 0 unspecified atom stereocenters. The van der Waals surface area contributed by atoms with Crippen LogP contribution in [0.15, 0.2) is 30.3 Å². The molecule has 0 spiro atoms. The van der Waals surface area contributed by atoms with E-state index in [4.69, 9.17) is 0 Å². The van der Waals surface area contributed by atoms with Crippen molar-refractivity contribution < 1.29 is 14.4 Å². The van der Waals surface area contributed by atoms with Crippen LogP contribution in [0.1, 0.15) is 69.7 Å². The maximum absolute atomic E-state index is 13.1. The zero-order chi connectivity index (χ0) is 19.3. The summed E-state index contributed by atoms with van der Waals surface area (Å²) in [6.45, 7) is 0.764. The van der Waals surface area contributed by atoms with Crippen molar-refractivity contribution in [1.29, 1.82) is 0 Å². The summed E-state index contributed by atoms with van der Waals surface area (Å²) in [5, 5.41) is 0.409. The van der Waals surface area contributed by atoms with Crippen LogP contribution in [-0.4, -0.2) is 39.6 Å². The molecule has 3 aliphatic rings. The number of hydrogen-bond acceptors (Lipinski definition) is 5. The van der Waals surface area contributed by atoms with E-state index in [0.717, 1.165) is 35.8 Å². The number of likely N-dealkylation sites (tertiary alicyclic amines) is 1. The van der Waals surface area contributed by atoms with Crippen molar-refractivity contribution in [3.8, 4) is 0 Å². The first kappa shape index (κ1) is 17.6. The number of benzene rings is 1. The second-order valence-corrected chi connectivity index (χ2v) is 8.58. The van der Waals surface area contributed by atoms with E-state index in [1.54, 1.807) is 30.3 Å². The van der Waals surface area contributed by atoms with Crippen LogP contribution < -0.4 is 4.90 Å². The summed E-state index contributed by atoms with van der Waals surface area (Å²) >= 11 is 1.03. The second kappa shape index (κ2) is 6.81. The van der Waals surface area contributed by atoms with Crippen molar-refractivity contribution in [1.82, 2.24) is 9.27 Å². The zero-order valence-corrected chi connectivity index (χ0v) is 16.3. The van der Waals surface area contributed by atoms with Gasteiger partial charge in [-0.15, -0.1) is 0 Å². The molecule has 2 aliphatic heterocycles. The van der Waals surface area contributed by atoms with Gasteiger partial charge in [0.2, 0.25) is 0 Å². The van der Waals surface area contributed by atoms with E-state index in [1.165, 1.54) is 25.7 Å². The molecule has 1 saturated carbocycles. The van der Waals surface area contributed by atoms with E-state index in [2.05, 4.69) is 4.37 Å². The number of carbonyl (C=O) groups is 3. The van der Waals surface area contributed by atoms with Crippen LogP contribution in [0.5, 0.6) is 0 Å². The van der Waals surface area contributed by atoms with Gasteiger partial charge in [0.25, 0.3) is 17.7 Å². The molecule has 1 aromatic heterocycles. The first-order chi connectivity index (χ1) is 13.6. The van der Waals surface area contributed by atoms with Crippen LogP contribution in [0, 0.1) is 5.92 Å². The van der Waals surface area contributed by atoms with Crippen molar-refractivity contribution >= 4 is 34.3 Å². The van der Waals surface area contributed by atoms with Crippen molar-refractivity contribution in [3.63, 3.8) is 0 Å². The summed E-state index contributed by atoms with van der Waals surface area (Å²) in [4.78, 5) is 41.6. The smallest absolute Gasteiger partial charge is 0.273 e. The molecule has 3 heterocycles. The third-order valence-electron chi connectivity index (χ3n) is 6.24. The molecule has 1 aromatic carbocycles. The molecule has 2 fully saturated rings. The number of anilines is 1. The molecular formula is C21H21N3O3S. The van der Waals surface area contributed by atoms with Crippen LogP contribution >= 0.6 is 11.5 Å². The van der Waals surface area contributed by atoms with Gasteiger partial charge < -0.3 is 4.90 Å². The Balaban J connectivity index is 1.40. The molecule has 1 aliphatic carbocycles. The summed E-state index contributed by atoms with van der Waals surface area (Å²) < 4.78 is 4.31. The highest BCUT2D eigenvalue weighted by Crippen LogP contribution is 2.37. The quantitative estimate of drug-likeness (QED) is 0.727. The number of hydrogen-bond donors (Lipinski definition) is 0. The van der Waals surface area contributed by atoms with Crippen molar-refractivity contribution in [3.05, 3.63) is 47.2 Å². The first-order valence-electron chi connectivity index (χ1n) is 9.90. The third-order valence-corrected chi connectivity index (χ3v) is 7.01. The number of aromatic nitrogens is 1. The van der Waals surface area contributed by atoms with Gasteiger partial charge in [-0.1, -0.05) is 25.0 Å². The molecule has 1 saturated heterocycles. The fraction of sp³-hybridized carbons (Fsp3) is 0.429. The Labute approximate surface area is 167 Å². The number of carbonyl (C=O) groups excluding carboxylic acids is 3. The predicted molar refractivity (Wildman–Crippen MR) is 106 cm³/mol. The number of fused-ring (bicyclic) bond motifs is 2. The Bertz CT molecular complexity index is 932. The highest BCUT2D eigenvalue weighted by atomic mass is 32.1. The summed E-state index contributed by atoms with van der Waals surface area (Å²) in [5.74, 6) is -0.182. The lowest BCUT2D eigenvalue weighted by atomic mass is 9.78. The van der Waals surface area contributed by atoms with E-state index >= 15 is 0 Å². The molecule has 0 N–H and O–H groups in total. The Hall–Kier alpha value is -2.54. The van der Waals surface area contributed by atoms with Gasteiger partial charge in [-0.05, 0) is 55.3 Å². The monoisotopic (exact) mass is 395 g/mol. The van der Waals surface area contributed by atoms with Gasteiger partial charge in [-0.3, -0.25) is 14.4 Å². The molecule has 2 atom stereocenters. The summed E-state index contributed by atoms with van der Waals surface area (Å²) in [6.07, 6.45) is 6.91. The van der Waals surface area contributed by atoms with Crippen molar-refractivity contribution in [2.45, 2.75) is 44.6 Å². The number of imide groups is 1. The van der Waals surface area contributed by atoms with Crippen LogP contribution in [0.3, 0.4) is 0 Å². The Morgan fingerprint density at radius 1 is 1.00 bits per heavy atom. The highest BCUT2D eigenvalue weighted by molar-refractivity contribution is 7.11.